The van der Waals surface area contributed by atoms with Gasteiger partial charge in [0.15, 0.2) is 0 Å². The number of methoxy groups -OCH3 is 1. The Bertz CT molecular complexity index is 797. The minimum absolute atomic E-state index is 0.816. The van der Waals surface area contributed by atoms with Gasteiger partial charge < -0.3 is 14.6 Å². The molecule has 1 saturated heterocycles. The van der Waals surface area contributed by atoms with Gasteiger partial charge in [-0.2, -0.15) is 0 Å². The van der Waals surface area contributed by atoms with Crippen LogP contribution < -0.4 is 4.74 Å². The van der Waals surface area contributed by atoms with E-state index >= 15 is 0 Å². The van der Waals surface area contributed by atoms with Crippen molar-refractivity contribution in [2.75, 3.05) is 13.7 Å². The van der Waals surface area contributed by atoms with E-state index in [1.807, 2.05) is 6.07 Å². The number of rotatable bonds is 1. The predicted octanol–water partition coefficient (Wildman–Crippen LogP) is 3.60. The molecule has 5 rings (SSSR count). The van der Waals surface area contributed by atoms with E-state index in [0.717, 1.165) is 11.7 Å². The van der Waals surface area contributed by atoms with Gasteiger partial charge in [-0.3, -0.25) is 0 Å². The quantitative estimate of drug-likeness (QED) is 0.852. The number of ether oxygens (including phenoxy) is 1. The highest BCUT2D eigenvalue weighted by Gasteiger charge is 2.38. The summed E-state index contributed by atoms with van der Waals surface area (Å²) >= 11 is 0. The smallest absolute Gasteiger partial charge is 0.119 e. The van der Waals surface area contributed by atoms with Crippen LogP contribution in [0.2, 0.25) is 0 Å². The fourth-order valence-corrected chi connectivity index (χ4v) is 3.98. The van der Waals surface area contributed by atoms with Gasteiger partial charge in [-0.15, -0.1) is 0 Å². The van der Waals surface area contributed by atoms with E-state index in [1.54, 1.807) is 7.11 Å². The summed E-state index contributed by atoms with van der Waals surface area (Å²) in [5, 5.41) is 1.26. The maximum atomic E-state index is 5.37. The van der Waals surface area contributed by atoms with E-state index in [1.165, 1.54) is 52.8 Å². The molecule has 2 aromatic rings. The molecule has 20 heavy (non-hydrogen) atoms. The second-order valence-electron chi connectivity index (χ2n) is 5.99. The summed E-state index contributed by atoms with van der Waals surface area (Å²) in [6.07, 6.45) is 6.99. The molecule has 1 aromatic carbocycles. The normalized spacial score (nSPS) is 22.6. The van der Waals surface area contributed by atoms with Crippen molar-refractivity contribution in [2.24, 2.45) is 5.92 Å². The molecule has 0 radical (unpaired) electrons. The molecule has 3 heteroatoms. The predicted molar refractivity (Wildman–Crippen MR) is 80.2 cm³/mol. The highest BCUT2D eigenvalue weighted by atomic mass is 16.5. The minimum atomic E-state index is 0.816. The van der Waals surface area contributed by atoms with Crippen LogP contribution in [0, 0.1) is 5.92 Å². The lowest BCUT2D eigenvalue weighted by Gasteiger charge is -2.20. The number of benzene rings is 1. The Labute approximate surface area is 117 Å². The van der Waals surface area contributed by atoms with Gasteiger partial charge in [-0.1, -0.05) is 0 Å². The van der Waals surface area contributed by atoms with Gasteiger partial charge in [0.2, 0.25) is 0 Å². The largest absolute Gasteiger partial charge is 0.497 e. The summed E-state index contributed by atoms with van der Waals surface area (Å²) in [6, 6.07) is 6.27. The van der Waals surface area contributed by atoms with Gasteiger partial charge in [0.25, 0.3) is 0 Å². The zero-order valence-electron chi connectivity index (χ0n) is 11.4. The number of aromatic amines is 1. The molecule has 0 unspecified atom stereocenters. The van der Waals surface area contributed by atoms with Crippen molar-refractivity contribution in [3.8, 4) is 5.75 Å². The second kappa shape index (κ2) is 3.48. The molecule has 0 saturated carbocycles. The van der Waals surface area contributed by atoms with Crippen LogP contribution in [0.5, 0.6) is 5.75 Å². The molecule has 1 aromatic heterocycles. The first kappa shape index (κ1) is 10.6. The highest BCUT2D eigenvalue weighted by Crippen LogP contribution is 2.49. The molecule has 1 fully saturated rings. The second-order valence-corrected chi connectivity index (χ2v) is 5.99. The lowest BCUT2D eigenvalue weighted by atomic mass is 10.0. The van der Waals surface area contributed by atoms with Gasteiger partial charge in [0, 0.05) is 34.9 Å². The van der Waals surface area contributed by atoms with Crippen LogP contribution >= 0.6 is 0 Å². The Morgan fingerprint density at radius 3 is 3.10 bits per heavy atom. The topological polar surface area (TPSA) is 28.3 Å². The van der Waals surface area contributed by atoms with Gasteiger partial charge in [-0.05, 0) is 48.6 Å². The van der Waals surface area contributed by atoms with Crippen LogP contribution in [0.25, 0.3) is 22.6 Å². The molecular weight excluding hydrogens is 248 g/mol. The van der Waals surface area contributed by atoms with Crippen molar-refractivity contribution < 1.29 is 4.74 Å². The molecule has 1 aliphatic carbocycles. The van der Waals surface area contributed by atoms with E-state index in [-0.39, 0.29) is 0 Å². The molecule has 1 N–H and O–H groups in total. The minimum Gasteiger partial charge on any atom is -0.497 e. The number of H-pyrrole nitrogens is 1. The maximum absolute atomic E-state index is 5.37. The van der Waals surface area contributed by atoms with Crippen LogP contribution in [0.4, 0.5) is 0 Å². The average molecular weight is 264 g/mol. The number of hydrogen-bond donors (Lipinski definition) is 1. The SMILES string of the molecule is COc1ccc2[nH]c3c(c2c1)C=CN1C[C@@H]2CC3=C1C2. The Kier molecular flexibility index (Phi) is 1.85. The van der Waals surface area contributed by atoms with Crippen LogP contribution in [-0.4, -0.2) is 23.5 Å². The molecule has 1 atom stereocenters. The van der Waals surface area contributed by atoms with Gasteiger partial charge in [-0.25, -0.2) is 0 Å². The Balaban J connectivity index is 1.82. The van der Waals surface area contributed by atoms with Crippen molar-refractivity contribution in [3.63, 3.8) is 0 Å². The molecular formula is C17H16N2O. The zero-order valence-corrected chi connectivity index (χ0v) is 11.4. The van der Waals surface area contributed by atoms with Gasteiger partial charge in [0.05, 0.1) is 12.8 Å². The van der Waals surface area contributed by atoms with Crippen LogP contribution in [0.3, 0.4) is 0 Å². The van der Waals surface area contributed by atoms with E-state index in [2.05, 4.69) is 34.3 Å². The molecule has 2 bridgehead atoms. The van der Waals surface area contributed by atoms with E-state index < -0.39 is 0 Å². The molecule has 0 spiro atoms. The Hall–Kier alpha value is -2.16. The summed E-state index contributed by atoms with van der Waals surface area (Å²) < 4.78 is 5.37. The molecule has 100 valence electrons. The number of nitrogens with one attached hydrogen (secondary N) is 1. The fourth-order valence-electron chi connectivity index (χ4n) is 3.98. The van der Waals surface area contributed by atoms with Crippen molar-refractivity contribution in [1.29, 1.82) is 0 Å². The summed E-state index contributed by atoms with van der Waals surface area (Å²) in [5.41, 5.74) is 6.89. The molecule has 3 nitrogen and oxygen atoms in total. The number of fused-ring (bicyclic) bond motifs is 5. The first-order valence-electron chi connectivity index (χ1n) is 7.20. The Morgan fingerprint density at radius 2 is 2.25 bits per heavy atom. The third kappa shape index (κ3) is 1.20. The number of hydrogen-bond acceptors (Lipinski definition) is 2. The van der Waals surface area contributed by atoms with E-state index in [9.17, 15) is 0 Å². The highest BCUT2D eigenvalue weighted by molar-refractivity contribution is 5.97. The van der Waals surface area contributed by atoms with E-state index in [0.29, 0.717) is 0 Å². The maximum Gasteiger partial charge on any atom is 0.119 e. The molecule has 0 amide bonds. The van der Waals surface area contributed by atoms with Crippen LogP contribution in [-0.2, 0) is 0 Å². The van der Waals surface area contributed by atoms with Gasteiger partial charge in [0.1, 0.15) is 5.75 Å². The van der Waals surface area contributed by atoms with Crippen LogP contribution in [0.1, 0.15) is 24.1 Å². The third-order valence-corrected chi connectivity index (χ3v) is 4.89. The molecule has 3 heterocycles. The first-order chi connectivity index (χ1) is 9.83. The van der Waals surface area contributed by atoms with Crippen molar-refractivity contribution in [2.45, 2.75) is 12.8 Å². The number of aromatic nitrogens is 1. The van der Waals surface area contributed by atoms with E-state index in [4.69, 9.17) is 4.74 Å². The standard InChI is InChI=1S/C17H16N2O/c1-20-11-2-3-15-13(8-11)12-4-5-19-9-10-6-14(16(19)7-10)17(12)18-15/h2-5,8,10,18H,6-7,9H2,1H3/t10-/m1/s1. The lowest BCUT2D eigenvalue weighted by molar-refractivity contribution is 0.415. The first-order valence-corrected chi connectivity index (χ1v) is 7.20. The number of allylic oxidation sites excluding steroid dienone is 2. The summed E-state index contributed by atoms with van der Waals surface area (Å²) in [7, 11) is 1.72. The zero-order chi connectivity index (χ0) is 13.3. The number of nitrogens with zero attached hydrogens (tertiary/aromatic N) is 1. The lowest BCUT2D eigenvalue weighted by Crippen LogP contribution is -2.16. The van der Waals surface area contributed by atoms with Gasteiger partial charge >= 0.3 is 0 Å². The average Bonchev–Trinajstić information content (AvgIpc) is 3.14. The van der Waals surface area contributed by atoms with Crippen molar-refractivity contribution in [1.82, 2.24) is 9.88 Å². The van der Waals surface area contributed by atoms with Crippen molar-refractivity contribution >= 4 is 22.6 Å². The third-order valence-electron chi connectivity index (χ3n) is 4.89. The monoisotopic (exact) mass is 264 g/mol. The van der Waals surface area contributed by atoms with Crippen molar-refractivity contribution in [3.05, 3.63) is 41.4 Å². The Morgan fingerprint density at radius 1 is 1.30 bits per heavy atom. The fraction of sp³-hybridized carbons (Fsp3) is 0.294. The summed E-state index contributed by atoms with van der Waals surface area (Å²) in [4.78, 5) is 6.06. The van der Waals surface area contributed by atoms with Crippen LogP contribution in [0.15, 0.2) is 30.1 Å². The molecule has 2 aliphatic heterocycles. The molecule has 3 aliphatic rings. The summed E-state index contributed by atoms with van der Waals surface area (Å²) in [6.45, 7) is 1.20. The summed E-state index contributed by atoms with van der Waals surface area (Å²) in [5.74, 6) is 1.73.